The topological polar surface area (TPSA) is 86.3 Å². The minimum atomic E-state index is -0.527. The van der Waals surface area contributed by atoms with Gasteiger partial charge in [-0.1, -0.05) is 55.8 Å². The van der Waals surface area contributed by atoms with Crippen LogP contribution in [0.4, 0.5) is 9.18 Å². The van der Waals surface area contributed by atoms with Crippen molar-refractivity contribution in [1.29, 1.82) is 0 Å². The predicted octanol–water partition coefficient (Wildman–Crippen LogP) is 7.54. The summed E-state index contributed by atoms with van der Waals surface area (Å²) in [5.41, 5.74) is 1.84. The Labute approximate surface area is 271 Å². The van der Waals surface area contributed by atoms with Gasteiger partial charge in [0.1, 0.15) is 24.7 Å². The molecule has 0 aromatic heterocycles. The second kappa shape index (κ2) is 16.3. The summed E-state index contributed by atoms with van der Waals surface area (Å²) in [6.45, 7) is 6.53. The smallest absolute Gasteiger partial charge is 0.407 e. The number of alkyl carbamates (subject to hydrolysis) is 1. The van der Waals surface area contributed by atoms with Crippen molar-refractivity contribution in [3.63, 3.8) is 0 Å². The molecule has 1 saturated carbocycles. The van der Waals surface area contributed by atoms with E-state index in [-0.39, 0.29) is 29.9 Å². The third-order valence-corrected chi connectivity index (χ3v) is 8.82. The van der Waals surface area contributed by atoms with Crippen LogP contribution in [0, 0.1) is 17.7 Å². The van der Waals surface area contributed by atoms with Crippen LogP contribution >= 0.6 is 0 Å². The normalized spacial score (nSPS) is 18.1. The molecule has 1 N–H and O–H groups in total. The summed E-state index contributed by atoms with van der Waals surface area (Å²) in [6, 6.07) is 20.5. The Morgan fingerprint density at radius 2 is 1.76 bits per heavy atom. The number of hydrogen-bond acceptors (Lipinski definition) is 6. The molecule has 5 rings (SSSR count). The van der Waals surface area contributed by atoms with E-state index in [4.69, 9.17) is 18.9 Å². The van der Waals surface area contributed by atoms with E-state index in [0.29, 0.717) is 50.4 Å². The quantitative estimate of drug-likeness (QED) is 0.174. The Morgan fingerprint density at radius 3 is 2.54 bits per heavy atom. The number of halogens is 1. The molecule has 8 nitrogen and oxygen atoms in total. The molecule has 1 aliphatic heterocycles. The van der Waals surface area contributed by atoms with Crippen molar-refractivity contribution in [1.82, 2.24) is 10.2 Å². The van der Waals surface area contributed by atoms with Gasteiger partial charge in [-0.05, 0) is 80.2 Å². The van der Waals surface area contributed by atoms with Crippen LogP contribution in [0.3, 0.4) is 0 Å². The van der Waals surface area contributed by atoms with E-state index in [1.807, 2.05) is 60.7 Å². The molecule has 0 radical (unpaired) electrons. The Bertz CT molecular complexity index is 1440. The largest absolute Gasteiger partial charge is 0.492 e. The number of hydrogen-bond donors (Lipinski definition) is 1. The molecule has 0 bridgehead atoms. The fourth-order valence-electron chi connectivity index (χ4n) is 6.18. The number of rotatable bonds is 15. The lowest BCUT2D eigenvalue weighted by atomic mass is 9.79. The van der Waals surface area contributed by atoms with Crippen LogP contribution in [0.1, 0.15) is 73.9 Å². The second-order valence-corrected chi connectivity index (χ2v) is 12.2. The van der Waals surface area contributed by atoms with Crippen molar-refractivity contribution in [3.8, 4) is 17.2 Å². The highest BCUT2D eigenvalue weighted by Crippen LogP contribution is 2.36. The molecule has 0 spiro atoms. The van der Waals surface area contributed by atoms with E-state index < -0.39 is 11.9 Å². The summed E-state index contributed by atoms with van der Waals surface area (Å²) in [4.78, 5) is 26.9. The number of unbranched alkanes of at least 4 members (excludes halogenated alkanes) is 1. The summed E-state index contributed by atoms with van der Waals surface area (Å²) in [7, 11) is 0. The molecular weight excluding hydrogens is 587 g/mol. The molecule has 9 heteroatoms. The number of carbonyl (C=O) groups excluding carboxylic acids is 2. The third kappa shape index (κ3) is 8.92. The first-order valence-electron chi connectivity index (χ1n) is 16.5. The van der Waals surface area contributed by atoms with E-state index in [1.54, 1.807) is 11.0 Å². The maximum atomic E-state index is 15.1. The van der Waals surface area contributed by atoms with Crippen LogP contribution in [-0.4, -0.2) is 49.3 Å². The number of nitrogens with one attached hydrogen (secondary N) is 1. The Morgan fingerprint density at radius 1 is 0.978 bits per heavy atom. The van der Waals surface area contributed by atoms with Crippen LogP contribution in [-0.2, 0) is 17.9 Å². The molecule has 1 aliphatic carbocycles. The van der Waals surface area contributed by atoms with Gasteiger partial charge in [0.15, 0.2) is 11.6 Å². The number of nitrogens with zero attached hydrogens (tertiary/aromatic N) is 1. The van der Waals surface area contributed by atoms with Gasteiger partial charge in [0, 0.05) is 19.2 Å². The van der Waals surface area contributed by atoms with Gasteiger partial charge in [0.25, 0.3) is 5.91 Å². The highest BCUT2D eigenvalue weighted by atomic mass is 19.1. The first-order valence-corrected chi connectivity index (χ1v) is 16.5. The average Bonchev–Trinajstić information content (AvgIpc) is 3.39. The van der Waals surface area contributed by atoms with Crippen molar-refractivity contribution >= 4 is 12.0 Å². The van der Waals surface area contributed by atoms with Crippen molar-refractivity contribution in [2.45, 2.75) is 71.6 Å². The molecule has 246 valence electrons. The van der Waals surface area contributed by atoms with E-state index in [2.05, 4.69) is 19.2 Å². The molecule has 2 amide bonds. The highest BCUT2D eigenvalue weighted by Gasteiger charge is 2.35. The van der Waals surface area contributed by atoms with Gasteiger partial charge >= 0.3 is 6.09 Å². The lowest BCUT2D eigenvalue weighted by molar-refractivity contribution is 0.0682. The van der Waals surface area contributed by atoms with Crippen molar-refractivity contribution in [2.24, 2.45) is 11.8 Å². The maximum absolute atomic E-state index is 15.1. The second-order valence-electron chi connectivity index (χ2n) is 12.2. The SMILES string of the molecule is CCCCOc1ccc2c(c1F)C(=O)N(CC1CCC(C(C)Oc3cccc(OCCNC(=O)OCc4ccccc4)c3)CC1)C2. The number of benzene rings is 3. The molecule has 46 heavy (non-hydrogen) atoms. The van der Waals surface area contributed by atoms with E-state index >= 15 is 4.39 Å². The van der Waals surface area contributed by atoms with Crippen LogP contribution in [0.5, 0.6) is 17.2 Å². The van der Waals surface area contributed by atoms with Crippen molar-refractivity contribution in [3.05, 3.63) is 89.2 Å². The average molecular weight is 633 g/mol. The van der Waals surface area contributed by atoms with Gasteiger partial charge in [-0.3, -0.25) is 4.79 Å². The highest BCUT2D eigenvalue weighted by molar-refractivity contribution is 5.99. The Kier molecular flexibility index (Phi) is 11.8. The maximum Gasteiger partial charge on any atom is 0.407 e. The zero-order valence-corrected chi connectivity index (χ0v) is 26.8. The lowest BCUT2D eigenvalue weighted by Gasteiger charge is -2.34. The first-order chi connectivity index (χ1) is 22.4. The summed E-state index contributed by atoms with van der Waals surface area (Å²) in [5, 5.41) is 2.70. The first kappa shape index (κ1) is 33.1. The molecule has 2 aliphatic rings. The fraction of sp³-hybridized carbons (Fsp3) is 0.459. The van der Waals surface area contributed by atoms with Crippen LogP contribution < -0.4 is 19.5 Å². The molecule has 1 heterocycles. The summed E-state index contributed by atoms with van der Waals surface area (Å²) in [5.74, 6) is 1.60. The van der Waals surface area contributed by atoms with Crippen LogP contribution in [0.25, 0.3) is 0 Å². The minimum Gasteiger partial charge on any atom is -0.492 e. The lowest BCUT2D eigenvalue weighted by Crippen LogP contribution is -2.34. The van der Waals surface area contributed by atoms with E-state index in [1.165, 1.54) is 0 Å². The monoisotopic (exact) mass is 632 g/mol. The third-order valence-electron chi connectivity index (χ3n) is 8.82. The molecule has 0 saturated heterocycles. The molecule has 1 unspecified atom stereocenters. The van der Waals surface area contributed by atoms with Crippen molar-refractivity contribution in [2.75, 3.05) is 26.3 Å². The number of fused-ring (bicyclic) bond motifs is 1. The van der Waals surface area contributed by atoms with Crippen molar-refractivity contribution < 1.29 is 32.9 Å². The van der Waals surface area contributed by atoms with Gasteiger partial charge in [-0.15, -0.1) is 0 Å². The zero-order valence-electron chi connectivity index (χ0n) is 26.8. The molecule has 1 fully saturated rings. The van der Waals surface area contributed by atoms with E-state index in [0.717, 1.165) is 55.4 Å². The zero-order chi connectivity index (χ0) is 32.3. The van der Waals surface area contributed by atoms with Gasteiger partial charge in [-0.25, -0.2) is 9.18 Å². The standard InChI is InChI=1S/C37H45FN2O6/c1-3-4-20-44-33-18-17-30-24-40(36(41)34(30)35(33)38)23-27-13-15-29(16-14-27)26(2)46-32-12-8-11-31(22-32)43-21-19-39-37(42)45-25-28-9-6-5-7-10-28/h5-12,17-18,22,26-27,29H,3-4,13-16,19-21,23-25H2,1-2H3,(H,39,42). The fourth-order valence-corrected chi connectivity index (χ4v) is 6.18. The summed E-state index contributed by atoms with van der Waals surface area (Å²) < 4.78 is 38.1. The summed E-state index contributed by atoms with van der Waals surface area (Å²) >= 11 is 0. The molecule has 1 atom stereocenters. The van der Waals surface area contributed by atoms with Crippen LogP contribution in [0.2, 0.25) is 0 Å². The van der Waals surface area contributed by atoms with Gasteiger partial charge in [0.2, 0.25) is 0 Å². The van der Waals surface area contributed by atoms with Gasteiger partial charge in [-0.2, -0.15) is 0 Å². The van der Waals surface area contributed by atoms with E-state index in [9.17, 15) is 9.59 Å². The number of ether oxygens (including phenoxy) is 4. The predicted molar refractivity (Wildman–Crippen MR) is 174 cm³/mol. The number of amides is 2. The Balaban J connectivity index is 1.01. The molecule has 3 aromatic rings. The number of carbonyl (C=O) groups is 2. The molecular formula is C37H45FN2O6. The van der Waals surface area contributed by atoms with Crippen LogP contribution in [0.15, 0.2) is 66.7 Å². The van der Waals surface area contributed by atoms with Gasteiger partial charge in [0.05, 0.1) is 24.8 Å². The Hall–Kier alpha value is -4.27. The summed E-state index contributed by atoms with van der Waals surface area (Å²) in [6.07, 6.45) is 5.35. The minimum absolute atomic E-state index is 0.0233. The van der Waals surface area contributed by atoms with Gasteiger partial charge < -0.3 is 29.2 Å². The molecule has 3 aromatic carbocycles.